The lowest BCUT2D eigenvalue weighted by Gasteiger charge is -1.90. The van der Waals surface area contributed by atoms with E-state index in [-0.39, 0.29) is 0 Å². The average Bonchev–Trinajstić information content (AvgIpc) is 2.66. The zero-order valence-corrected chi connectivity index (χ0v) is 6.12. The molecule has 0 aliphatic heterocycles. The van der Waals surface area contributed by atoms with Crippen LogP contribution in [0.3, 0.4) is 0 Å². The Kier molecular flexibility index (Phi) is 1.59. The number of nitrogens with zero attached hydrogens (tertiary/aromatic N) is 2. The predicted molar refractivity (Wildman–Crippen MR) is 42.3 cm³/mol. The van der Waals surface area contributed by atoms with Crippen LogP contribution in [0.4, 0.5) is 0 Å². The zero-order chi connectivity index (χ0) is 7.52. The van der Waals surface area contributed by atoms with Gasteiger partial charge in [0.1, 0.15) is 5.82 Å². The van der Waals surface area contributed by atoms with Gasteiger partial charge in [-0.2, -0.15) is 5.10 Å². The normalized spacial score (nSPS) is 17.5. The lowest BCUT2D eigenvalue weighted by molar-refractivity contribution is 0.741. The Balaban J connectivity index is 1.83. The Morgan fingerprint density at radius 2 is 2.64 bits per heavy atom. The summed E-state index contributed by atoms with van der Waals surface area (Å²) in [5, 5.41) is 4.01. The third kappa shape index (κ3) is 1.80. The van der Waals surface area contributed by atoms with Crippen molar-refractivity contribution < 1.29 is 0 Å². The second kappa shape index (κ2) is 2.74. The van der Waals surface area contributed by atoms with E-state index in [2.05, 4.69) is 20.5 Å². The molecule has 0 unspecified atom stereocenters. The van der Waals surface area contributed by atoms with Gasteiger partial charge in [0, 0.05) is 18.4 Å². The molecule has 0 amide bonds. The molecule has 1 fully saturated rings. The molecule has 1 heterocycles. The van der Waals surface area contributed by atoms with Gasteiger partial charge in [0.15, 0.2) is 0 Å². The van der Waals surface area contributed by atoms with Crippen LogP contribution in [-0.4, -0.2) is 22.2 Å². The highest BCUT2D eigenvalue weighted by atomic mass is 15.3. The fourth-order valence-electron chi connectivity index (χ4n) is 0.764. The van der Waals surface area contributed by atoms with E-state index in [0.29, 0.717) is 6.04 Å². The van der Waals surface area contributed by atoms with Crippen LogP contribution in [0.2, 0.25) is 0 Å². The molecule has 1 saturated carbocycles. The van der Waals surface area contributed by atoms with E-state index in [1.54, 1.807) is 18.6 Å². The van der Waals surface area contributed by atoms with E-state index in [0.717, 1.165) is 5.82 Å². The number of H-pyrrole nitrogens is 1. The standard InChI is InChI=1S/C7H10N4/c1-2-6(1)11-10-5-7-8-3-4-9-7/h3-6,11H,1-2H2,(H,8,9)/b10-5+. The summed E-state index contributed by atoms with van der Waals surface area (Å²) < 4.78 is 0. The Hall–Kier alpha value is -1.32. The first-order chi connectivity index (χ1) is 5.45. The van der Waals surface area contributed by atoms with Crippen molar-refractivity contribution in [3.63, 3.8) is 0 Å². The molecular weight excluding hydrogens is 140 g/mol. The van der Waals surface area contributed by atoms with Crippen LogP contribution < -0.4 is 5.43 Å². The first-order valence-electron chi connectivity index (χ1n) is 3.73. The van der Waals surface area contributed by atoms with Gasteiger partial charge in [0.25, 0.3) is 0 Å². The highest BCUT2D eigenvalue weighted by Gasteiger charge is 2.19. The molecule has 0 radical (unpaired) electrons. The maximum Gasteiger partial charge on any atom is 0.150 e. The van der Waals surface area contributed by atoms with E-state index in [9.17, 15) is 0 Å². The van der Waals surface area contributed by atoms with Gasteiger partial charge >= 0.3 is 0 Å². The van der Waals surface area contributed by atoms with Crippen molar-refractivity contribution in [2.24, 2.45) is 5.10 Å². The molecule has 0 spiro atoms. The summed E-state index contributed by atoms with van der Waals surface area (Å²) in [7, 11) is 0. The van der Waals surface area contributed by atoms with Crippen molar-refractivity contribution in [3.05, 3.63) is 18.2 Å². The van der Waals surface area contributed by atoms with Gasteiger partial charge in [-0.15, -0.1) is 0 Å². The molecule has 0 atom stereocenters. The maximum atomic E-state index is 4.01. The van der Waals surface area contributed by atoms with Gasteiger partial charge in [-0.25, -0.2) is 4.98 Å². The minimum Gasteiger partial charge on any atom is -0.344 e. The molecule has 2 N–H and O–H groups in total. The van der Waals surface area contributed by atoms with Crippen LogP contribution >= 0.6 is 0 Å². The van der Waals surface area contributed by atoms with E-state index in [1.165, 1.54) is 12.8 Å². The molecule has 4 heteroatoms. The van der Waals surface area contributed by atoms with Gasteiger partial charge in [-0.1, -0.05) is 0 Å². The van der Waals surface area contributed by atoms with Crippen LogP contribution in [0, 0.1) is 0 Å². The van der Waals surface area contributed by atoms with E-state index in [4.69, 9.17) is 0 Å². The lowest BCUT2D eigenvalue weighted by atomic mass is 10.7. The quantitative estimate of drug-likeness (QED) is 0.487. The summed E-state index contributed by atoms with van der Waals surface area (Å²) in [6, 6.07) is 0.612. The zero-order valence-electron chi connectivity index (χ0n) is 6.12. The van der Waals surface area contributed by atoms with Crippen LogP contribution in [0.1, 0.15) is 18.7 Å². The fourth-order valence-corrected chi connectivity index (χ4v) is 0.764. The van der Waals surface area contributed by atoms with Crippen LogP contribution in [0.25, 0.3) is 0 Å². The molecule has 1 aromatic heterocycles. The van der Waals surface area contributed by atoms with Crippen molar-refractivity contribution >= 4 is 6.21 Å². The van der Waals surface area contributed by atoms with Crippen molar-refractivity contribution in [3.8, 4) is 0 Å². The molecule has 0 saturated heterocycles. The first kappa shape index (κ1) is 6.39. The van der Waals surface area contributed by atoms with E-state index < -0.39 is 0 Å². The summed E-state index contributed by atoms with van der Waals surface area (Å²) >= 11 is 0. The highest BCUT2D eigenvalue weighted by molar-refractivity contribution is 5.73. The van der Waals surface area contributed by atoms with Gasteiger partial charge in [-0.05, 0) is 12.8 Å². The lowest BCUT2D eigenvalue weighted by Crippen LogP contribution is -2.07. The molecule has 1 aromatic rings. The van der Waals surface area contributed by atoms with Crippen molar-refractivity contribution in [2.45, 2.75) is 18.9 Å². The number of hydrogen-bond donors (Lipinski definition) is 2. The minimum atomic E-state index is 0.612. The van der Waals surface area contributed by atoms with Crippen molar-refractivity contribution in [1.82, 2.24) is 15.4 Å². The first-order valence-corrected chi connectivity index (χ1v) is 3.73. The molecule has 58 valence electrons. The summed E-state index contributed by atoms with van der Waals surface area (Å²) in [6.07, 6.45) is 7.67. The number of hydrazone groups is 1. The molecule has 2 rings (SSSR count). The Labute approximate surface area is 64.7 Å². The molecule has 1 aliphatic carbocycles. The smallest absolute Gasteiger partial charge is 0.150 e. The number of rotatable bonds is 3. The summed E-state index contributed by atoms with van der Waals surface area (Å²) in [5.74, 6) is 0.790. The summed E-state index contributed by atoms with van der Waals surface area (Å²) in [4.78, 5) is 6.92. The number of imidazole rings is 1. The Morgan fingerprint density at radius 3 is 3.27 bits per heavy atom. The van der Waals surface area contributed by atoms with Gasteiger partial charge in [-0.3, -0.25) is 0 Å². The van der Waals surface area contributed by atoms with Gasteiger partial charge in [0.2, 0.25) is 0 Å². The largest absolute Gasteiger partial charge is 0.344 e. The van der Waals surface area contributed by atoms with E-state index in [1.807, 2.05) is 0 Å². The highest BCUT2D eigenvalue weighted by Crippen LogP contribution is 2.18. The topological polar surface area (TPSA) is 53.1 Å². The molecule has 0 bridgehead atoms. The number of hydrogen-bond acceptors (Lipinski definition) is 3. The monoisotopic (exact) mass is 150 g/mol. The summed E-state index contributed by atoms with van der Waals surface area (Å²) in [6.45, 7) is 0. The van der Waals surface area contributed by atoms with Gasteiger partial charge < -0.3 is 10.4 Å². The predicted octanol–water partition coefficient (Wildman–Crippen LogP) is 0.496. The Morgan fingerprint density at radius 1 is 1.73 bits per heavy atom. The number of aromatic amines is 1. The minimum absolute atomic E-state index is 0.612. The fraction of sp³-hybridized carbons (Fsp3) is 0.429. The summed E-state index contributed by atoms with van der Waals surface area (Å²) in [5.41, 5.74) is 3.00. The second-order valence-corrected chi connectivity index (χ2v) is 2.64. The van der Waals surface area contributed by atoms with E-state index >= 15 is 0 Å². The average molecular weight is 150 g/mol. The maximum absolute atomic E-state index is 4.01. The second-order valence-electron chi connectivity index (χ2n) is 2.64. The van der Waals surface area contributed by atoms with Crippen molar-refractivity contribution in [1.29, 1.82) is 0 Å². The number of nitrogens with one attached hydrogen (secondary N) is 2. The third-order valence-electron chi connectivity index (χ3n) is 1.54. The molecule has 11 heavy (non-hydrogen) atoms. The van der Waals surface area contributed by atoms with Crippen LogP contribution in [0.15, 0.2) is 17.5 Å². The molecular formula is C7H10N4. The molecule has 1 aliphatic rings. The Bertz CT molecular complexity index is 235. The third-order valence-corrected chi connectivity index (χ3v) is 1.54. The van der Waals surface area contributed by atoms with Crippen LogP contribution in [-0.2, 0) is 0 Å². The SMILES string of the molecule is C(=N\NC1CC1)/c1ncc[nH]1. The number of aromatic nitrogens is 2. The molecule has 4 nitrogen and oxygen atoms in total. The van der Waals surface area contributed by atoms with Gasteiger partial charge in [0.05, 0.1) is 6.21 Å². The van der Waals surface area contributed by atoms with Crippen LogP contribution in [0.5, 0.6) is 0 Å². The van der Waals surface area contributed by atoms with Crippen molar-refractivity contribution in [2.75, 3.05) is 0 Å². The molecule has 0 aromatic carbocycles.